The summed E-state index contributed by atoms with van der Waals surface area (Å²) in [6.07, 6.45) is 6.88. The highest BCUT2D eigenvalue weighted by Crippen LogP contribution is 2.43. The molecular weight excluding hydrogens is 627 g/mol. The first-order valence-electron chi connectivity index (χ1n) is 17.1. The smallest absolute Gasteiger partial charge is 0.160 e. The number of aryl methyl sites for hydroxylation is 1. The zero-order valence-corrected chi connectivity index (χ0v) is 28.1. The van der Waals surface area contributed by atoms with Crippen molar-refractivity contribution in [3.63, 3.8) is 0 Å². The Morgan fingerprint density at radius 2 is 1.20 bits per heavy atom. The lowest BCUT2D eigenvalue weighted by atomic mass is 9.98. The number of aromatic nitrogens is 3. The molecule has 0 unspecified atom stereocenters. The van der Waals surface area contributed by atoms with Gasteiger partial charge >= 0.3 is 0 Å². The Morgan fingerprint density at radius 1 is 0.520 bits per heavy atom. The van der Waals surface area contributed by atoms with Gasteiger partial charge in [-0.15, -0.1) is 11.3 Å². The van der Waals surface area contributed by atoms with E-state index in [1.54, 1.807) is 0 Å². The Balaban J connectivity index is 1.13. The molecule has 3 nitrogen and oxygen atoms in total. The van der Waals surface area contributed by atoms with Gasteiger partial charge in [0.1, 0.15) is 0 Å². The van der Waals surface area contributed by atoms with Crippen molar-refractivity contribution in [3.8, 4) is 50.7 Å². The van der Waals surface area contributed by atoms with Gasteiger partial charge < -0.3 is 4.57 Å². The summed E-state index contributed by atoms with van der Waals surface area (Å²) in [6.45, 7) is 0. The van der Waals surface area contributed by atoms with E-state index in [0.717, 1.165) is 46.6 Å². The molecule has 3 heterocycles. The third-order valence-electron chi connectivity index (χ3n) is 9.86. The topological polar surface area (TPSA) is 30.7 Å². The van der Waals surface area contributed by atoms with Crippen molar-refractivity contribution in [1.82, 2.24) is 14.5 Å². The monoisotopic (exact) mass is 657 g/mol. The average molecular weight is 658 g/mol. The number of fused-ring (bicyclic) bond motifs is 6. The summed E-state index contributed by atoms with van der Waals surface area (Å²) < 4.78 is 3.76. The number of rotatable bonds is 5. The van der Waals surface area contributed by atoms with E-state index in [9.17, 15) is 0 Å². The first-order valence-corrected chi connectivity index (χ1v) is 18.0. The molecule has 9 aromatic rings. The van der Waals surface area contributed by atoms with Crippen LogP contribution in [0.3, 0.4) is 0 Å². The third-order valence-corrected chi connectivity index (χ3v) is 11.2. The van der Waals surface area contributed by atoms with E-state index in [2.05, 4.69) is 156 Å². The van der Waals surface area contributed by atoms with Crippen LogP contribution in [0, 0.1) is 0 Å². The Hall–Kier alpha value is -6.10. The van der Waals surface area contributed by atoms with Crippen LogP contribution in [0.25, 0.3) is 88.7 Å². The van der Waals surface area contributed by atoms with Gasteiger partial charge in [0.25, 0.3) is 0 Å². The van der Waals surface area contributed by atoms with Crippen molar-refractivity contribution >= 4 is 49.3 Å². The van der Waals surface area contributed by atoms with Crippen LogP contribution in [-0.2, 0) is 6.42 Å². The second kappa shape index (κ2) is 11.8. The summed E-state index contributed by atoms with van der Waals surface area (Å²) in [5.41, 5.74) is 12.3. The minimum Gasteiger partial charge on any atom is -0.309 e. The fraction of sp³-hybridized carbons (Fsp3) is 0.0435. The van der Waals surface area contributed by atoms with Gasteiger partial charge in [0.2, 0.25) is 0 Å². The van der Waals surface area contributed by atoms with E-state index in [1.807, 2.05) is 23.5 Å². The van der Waals surface area contributed by atoms with Gasteiger partial charge in [-0.2, -0.15) is 0 Å². The van der Waals surface area contributed by atoms with Crippen LogP contribution in [0.2, 0.25) is 0 Å². The standard InChI is InChI=1S/C46H31N3S/c1-3-13-30(14-4-1)40-29-41(31-15-5-2-6-16-31)48-46(47-40)33-17-11-18-34(27-33)49-42-23-9-7-19-36(42)39-28-32(25-26-43(39)49)35-21-12-22-38-37-20-8-10-24-44(37)50-45(35)38/h1-9,11-23,25-29H,10,24H2. The fourth-order valence-electron chi connectivity index (χ4n) is 7.49. The molecule has 10 rings (SSSR count). The molecule has 0 amide bonds. The van der Waals surface area contributed by atoms with E-state index in [-0.39, 0.29) is 0 Å². The lowest BCUT2D eigenvalue weighted by molar-refractivity contribution is 1.02. The second-order valence-corrected chi connectivity index (χ2v) is 14.0. The number of allylic oxidation sites excluding steroid dienone is 1. The van der Waals surface area contributed by atoms with E-state index in [4.69, 9.17) is 9.97 Å². The Labute approximate surface area is 294 Å². The zero-order valence-electron chi connectivity index (χ0n) is 27.3. The van der Waals surface area contributed by atoms with Crippen molar-refractivity contribution in [2.75, 3.05) is 0 Å². The van der Waals surface area contributed by atoms with Crippen LogP contribution in [0.1, 0.15) is 16.9 Å². The molecule has 6 aromatic carbocycles. The first-order chi connectivity index (χ1) is 24.8. The molecule has 3 aromatic heterocycles. The molecule has 0 radical (unpaired) electrons. The van der Waals surface area contributed by atoms with E-state index in [0.29, 0.717) is 5.82 Å². The van der Waals surface area contributed by atoms with Crippen LogP contribution in [-0.4, -0.2) is 14.5 Å². The third kappa shape index (κ3) is 4.80. The van der Waals surface area contributed by atoms with Crippen LogP contribution >= 0.6 is 11.3 Å². The number of benzene rings is 6. The summed E-state index contributed by atoms with van der Waals surface area (Å²) in [4.78, 5) is 11.7. The maximum atomic E-state index is 5.12. The minimum atomic E-state index is 0.705. The Kier molecular flexibility index (Phi) is 6.81. The van der Waals surface area contributed by atoms with E-state index in [1.165, 1.54) is 53.5 Å². The zero-order chi connectivity index (χ0) is 33.0. The van der Waals surface area contributed by atoms with Gasteiger partial charge in [-0.25, -0.2) is 9.97 Å². The Morgan fingerprint density at radius 3 is 2.00 bits per heavy atom. The molecule has 0 atom stereocenters. The molecule has 0 saturated heterocycles. The number of hydrogen-bond donors (Lipinski definition) is 0. The van der Waals surface area contributed by atoms with Gasteiger partial charge in [0, 0.05) is 48.1 Å². The van der Waals surface area contributed by atoms with Crippen molar-refractivity contribution < 1.29 is 0 Å². The summed E-state index contributed by atoms with van der Waals surface area (Å²) in [6, 6.07) is 53.9. The molecule has 0 fully saturated rings. The number of thiophene rings is 1. The molecule has 0 spiro atoms. The highest BCUT2D eigenvalue weighted by atomic mass is 32.1. The fourth-order valence-corrected chi connectivity index (χ4v) is 8.83. The average Bonchev–Trinajstić information content (AvgIpc) is 3.74. The number of hydrogen-bond acceptors (Lipinski definition) is 3. The lowest BCUT2D eigenvalue weighted by Crippen LogP contribution is -1.98. The van der Waals surface area contributed by atoms with Crippen LogP contribution in [0.4, 0.5) is 0 Å². The van der Waals surface area contributed by atoms with Crippen molar-refractivity contribution in [1.29, 1.82) is 0 Å². The predicted molar refractivity (Wildman–Crippen MR) is 211 cm³/mol. The largest absolute Gasteiger partial charge is 0.309 e. The highest BCUT2D eigenvalue weighted by Gasteiger charge is 2.18. The Bertz CT molecular complexity index is 2700. The lowest BCUT2D eigenvalue weighted by Gasteiger charge is -2.12. The highest BCUT2D eigenvalue weighted by molar-refractivity contribution is 7.20. The molecule has 4 heteroatoms. The first kappa shape index (κ1) is 28.9. The SMILES string of the molecule is C1=Cc2c(sc3c(-c4ccc5c(c4)c4ccccc4n5-c4cccc(-c5nc(-c6ccccc6)cc(-c6ccccc6)n5)c4)cccc23)CC1. The molecule has 236 valence electrons. The van der Waals surface area contributed by atoms with Gasteiger partial charge in [-0.3, -0.25) is 0 Å². The molecule has 50 heavy (non-hydrogen) atoms. The quantitative estimate of drug-likeness (QED) is 0.184. The number of nitrogens with zero attached hydrogens (tertiary/aromatic N) is 3. The summed E-state index contributed by atoms with van der Waals surface area (Å²) in [5, 5.41) is 3.85. The summed E-state index contributed by atoms with van der Waals surface area (Å²) in [5.74, 6) is 0.705. The van der Waals surface area contributed by atoms with Crippen molar-refractivity contribution in [2.24, 2.45) is 0 Å². The van der Waals surface area contributed by atoms with Gasteiger partial charge in [0.05, 0.1) is 22.4 Å². The molecule has 0 aliphatic heterocycles. The number of para-hydroxylation sites is 1. The van der Waals surface area contributed by atoms with Crippen LogP contribution in [0.15, 0.2) is 158 Å². The maximum absolute atomic E-state index is 5.12. The van der Waals surface area contributed by atoms with Gasteiger partial charge in [-0.05, 0) is 65.9 Å². The predicted octanol–water partition coefficient (Wildman–Crippen LogP) is 12.4. The van der Waals surface area contributed by atoms with Gasteiger partial charge in [0.15, 0.2) is 5.82 Å². The molecule has 1 aliphatic rings. The maximum Gasteiger partial charge on any atom is 0.160 e. The van der Waals surface area contributed by atoms with E-state index >= 15 is 0 Å². The molecular formula is C46H31N3S. The van der Waals surface area contributed by atoms with Crippen molar-refractivity contribution in [2.45, 2.75) is 12.8 Å². The molecule has 0 bridgehead atoms. The second-order valence-electron chi connectivity index (χ2n) is 12.9. The summed E-state index contributed by atoms with van der Waals surface area (Å²) >= 11 is 1.96. The molecule has 0 saturated carbocycles. The van der Waals surface area contributed by atoms with Crippen LogP contribution < -0.4 is 0 Å². The summed E-state index contributed by atoms with van der Waals surface area (Å²) in [7, 11) is 0. The molecule has 1 aliphatic carbocycles. The molecule has 0 N–H and O–H groups in total. The van der Waals surface area contributed by atoms with E-state index < -0.39 is 0 Å². The van der Waals surface area contributed by atoms with Crippen molar-refractivity contribution in [3.05, 3.63) is 168 Å². The normalized spacial score (nSPS) is 12.6. The minimum absolute atomic E-state index is 0.705. The van der Waals surface area contributed by atoms with Gasteiger partial charge in [-0.1, -0.05) is 127 Å². The van der Waals surface area contributed by atoms with Crippen LogP contribution in [0.5, 0.6) is 0 Å².